The van der Waals surface area contributed by atoms with Gasteiger partial charge in [-0.1, -0.05) is 44.1 Å². The molecule has 226 valence electrons. The standard InChI is InChI=1S/C33H48N2O6/c1-4-32(36)34-26-12-6-5-10-25(11-9-13-26)33(37)41-27-18-20-35(23-27)28-14-7-8-15-29(28)40-21-19-24-16-17-30(38-2)31(22-24)39-3/h5,10,13,16-17,22,25,27-29H,4,6-9,11-12,14-15,18-21,23H2,1-3H3,(H,34,36)/b10-5-,26-13+/t25?,27-,28-,29?/m1/s1. The van der Waals surface area contributed by atoms with Crippen LogP contribution in [-0.4, -0.2) is 68.9 Å². The predicted molar refractivity (Wildman–Crippen MR) is 159 cm³/mol. The Labute approximate surface area is 245 Å². The third kappa shape index (κ3) is 9.07. The van der Waals surface area contributed by atoms with E-state index >= 15 is 0 Å². The smallest absolute Gasteiger partial charge is 0.313 e. The fourth-order valence-electron chi connectivity index (χ4n) is 6.17. The molecule has 1 heterocycles. The van der Waals surface area contributed by atoms with Gasteiger partial charge in [-0.15, -0.1) is 0 Å². The summed E-state index contributed by atoms with van der Waals surface area (Å²) in [6.07, 6.45) is 16.0. The van der Waals surface area contributed by atoms with Crippen LogP contribution in [0.5, 0.6) is 11.5 Å². The summed E-state index contributed by atoms with van der Waals surface area (Å²) in [7, 11) is 3.30. The molecule has 0 radical (unpaired) electrons. The summed E-state index contributed by atoms with van der Waals surface area (Å²) >= 11 is 0. The van der Waals surface area contributed by atoms with Crippen molar-refractivity contribution in [1.82, 2.24) is 10.2 Å². The number of carbonyl (C=O) groups excluding carboxylic acids is 2. The molecular weight excluding hydrogens is 520 g/mol. The number of allylic oxidation sites excluding steroid dienone is 3. The van der Waals surface area contributed by atoms with Gasteiger partial charge in [0.15, 0.2) is 11.5 Å². The average Bonchev–Trinajstić information content (AvgIpc) is 3.49. The van der Waals surface area contributed by atoms with E-state index in [2.05, 4.69) is 28.4 Å². The van der Waals surface area contributed by atoms with Gasteiger partial charge in [0.25, 0.3) is 0 Å². The van der Waals surface area contributed by atoms with Crippen LogP contribution in [0.2, 0.25) is 0 Å². The number of rotatable bonds is 11. The van der Waals surface area contributed by atoms with Crippen LogP contribution in [0.3, 0.4) is 0 Å². The van der Waals surface area contributed by atoms with Gasteiger partial charge in [-0.2, -0.15) is 0 Å². The third-order valence-electron chi connectivity index (χ3n) is 8.51. The maximum atomic E-state index is 13.1. The van der Waals surface area contributed by atoms with Crippen LogP contribution < -0.4 is 14.8 Å². The summed E-state index contributed by atoms with van der Waals surface area (Å²) in [4.78, 5) is 27.4. The highest BCUT2D eigenvalue weighted by molar-refractivity contribution is 5.77. The Hall–Kier alpha value is -2.84. The fourth-order valence-corrected chi connectivity index (χ4v) is 6.17. The van der Waals surface area contributed by atoms with Crippen LogP contribution >= 0.6 is 0 Å². The first kappa shape index (κ1) is 31.1. The van der Waals surface area contributed by atoms with E-state index in [-0.39, 0.29) is 30.0 Å². The molecule has 1 aromatic carbocycles. The number of nitrogens with one attached hydrogen (secondary N) is 1. The van der Waals surface area contributed by atoms with Crippen molar-refractivity contribution in [1.29, 1.82) is 0 Å². The molecule has 2 aliphatic carbocycles. The highest BCUT2D eigenvalue weighted by Gasteiger charge is 2.37. The second kappa shape index (κ2) is 16.0. The lowest BCUT2D eigenvalue weighted by Gasteiger charge is -2.37. The summed E-state index contributed by atoms with van der Waals surface area (Å²) in [5, 5.41) is 2.98. The SMILES string of the molecule is CCC(=O)N/C1=C/CCC(C(=O)O[C@@H]2CCN([C@@H]3CCCCC3OCCc3ccc(OC)c(OC)c3)C2)/C=C\CC1. The van der Waals surface area contributed by atoms with Gasteiger partial charge in [0.1, 0.15) is 6.10 Å². The van der Waals surface area contributed by atoms with Gasteiger partial charge in [-0.25, -0.2) is 0 Å². The lowest BCUT2D eigenvalue weighted by molar-refractivity contribution is -0.152. The number of benzene rings is 1. The molecule has 3 aliphatic rings. The molecule has 1 aromatic rings. The van der Waals surface area contributed by atoms with E-state index in [1.54, 1.807) is 14.2 Å². The van der Waals surface area contributed by atoms with E-state index in [1.165, 1.54) is 18.4 Å². The molecule has 41 heavy (non-hydrogen) atoms. The zero-order valence-electron chi connectivity index (χ0n) is 25.1. The van der Waals surface area contributed by atoms with Crippen molar-refractivity contribution >= 4 is 11.9 Å². The highest BCUT2D eigenvalue weighted by Crippen LogP contribution is 2.31. The highest BCUT2D eigenvalue weighted by atomic mass is 16.5. The van der Waals surface area contributed by atoms with E-state index in [0.717, 1.165) is 75.2 Å². The third-order valence-corrected chi connectivity index (χ3v) is 8.51. The predicted octanol–water partition coefficient (Wildman–Crippen LogP) is 5.35. The molecule has 1 aliphatic heterocycles. The lowest BCUT2D eigenvalue weighted by atomic mass is 9.91. The van der Waals surface area contributed by atoms with Gasteiger partial charge in [0, 0.05) is 31.2 Å². The minimum absolute atomic E-state index is 0.0322. The summed E-state index contributed by atoms with van der Waals surface area (Å²) in [6, 6.07) is 6.39. The Morgan fingerprint density at radius 1 is 1.02 bits per heavy atom. The summed E-state index contributed by atoms with van der Waals surface area (Å²) in [5.41, 5.74) is 2.12. The van der Waals surface area contributed by atoms with Crippen LogP contribution in [0.15, 0.2) is 42.1 Å². The zero-order chi connectivity index (χ0) is 29.0. The molecule has 4 atom stereocenters. The number of esters is 1. The number of nitrogens with zero attached hydrogens (tertiary/aromatic N) is 1. The second-order valence-corrected chi connectivity index (χ2v) is 11.3. The number of carbonyl (C=O) groups is 2. The Kier molecular flexibility index (Phi) is 12.1. The number of methoxy groups -OCH3 is 2. The number of likely N-dealkylation sites (tertiary alicyclic amines) is 1. The molecule has 8 nitrogen and oxygen atoms in total. The Balaban J connectivity index is 1.25. The lowest BCUT2D eigenvalue weighted by Crippen LogP contribution is -2.46. The van der Waals surface area contributed by atoms with E-state index in [0.29, 0.717) is 25.5 Å². The number of amides is 1. The van der Waals surface area contributed by atoms with Gasteiger partial charge >= 0.3 is 5.97 Å². The maximum Gasteiger partial charge on any atom is 0.313 e. The van der Waals surface area contributed by atoms with Gasteiger partial charge in [0.2, 0.25) is 5.91 Å². The fraction of sp³-hybridized carbons (Fsp3) is 0.636. The van der Waals surface area contributed by atoms with Crippen molar-refractivity contribution in [3.8, 4) is 11.5 Å². The first-order chi connectivity index (χ1) is 20.0. The van der Waals surface area contributed by atoms with E-state index in [4.69, 9.17) is 18.9 Å². The minimum atomic E-state index is -0.246. The van der Waals surface area contributed by atoms with E-state index < -0.39 is 0 Å². The van der Waals surface area contributed by atoms with Crippen molar-refractivity contribution in [2.24, 2.45) is 5.92 Å². The molecule has 0 bridgehead atoms. The minimum Gasteiger partial charge on any atom is -0.493 e. The van der Waals surface area contributed by atoms with Crippen molar-refractivity contribution < 1.29 is 28.5 Å². The largest absolute Gasteiger partial charge is 0.493 e. The van der Waals surface area contributed by atoms with E-state index in [9.17, 15) is 9.59 Å². The Morgan fingerprint density at radius 3 is 2.66 bits per heavy atom. The van der Waals surface area contributed by atoms with Crippen LogP contribution in [0.25, 0.3) is 0 Å². The van der Waals surface area contributed by atoms with Crippen molar-refractivity contribution in [2.45, 2.75) is 95.8 Å². The molecular formula is C33H48N2O6. The first-order valence-corrected chi connectivity index (χ1v) is 15.4. The van der Waals surface area contributed by atoms with Crippen molar-refractivity contribution in [2.75, 3.05) is 33.9 Å². The van der Waals surface area contributed by atoms with Crippen LogP contribution in [-0.2, 0) is 25.5 Å². The monoisotopic (exact) mass is 568 g/mol. The summed E-state index contributed by atoms with van der Waals surface area (Å²) in [5.74, 6) is 1.13. The molecule has 2 unspecified atom stereocenters. The average molecular weight is 569 g/mol. The van der Waals surface area contributed by atoms with E-state index in [1.807, 2.05) is 25.1 Å². The van der Waals surface area contributed by atoms with Gasteiger partial charge in [-0.3, -0.25) is 14.5 Å². The normalized spacial score (nSPS) is 27.4. The molecule has 1 N–H and O–H groups in total. The van der Waals surface area contributed by atoms with Crippen molar-refractivity contribution in [3.63, 3.8) is 0 Å². The number of ether oxygens (including phenoxy) is 4. The number of hydrogen-bond donors (Lipinski definition) is 1. The summed E-state index contributed by atoms with van der Waals surface area (Å²) in [6.45, 7) is 4.22. The molecule has 1 saturated carbocycles. The number of hydrogen-bond acceptors (Lipinski definition) is 7. The Morgan fingerprint density at radius 2 is 1.85 bits per heavy atom. The topological polar surface area (TPSA) is 86.3 Å². The Bertz CT molecular complexity index is 1070. The van der Waals surface area contributed by atoms with Gasteiger partial charge < -0.3 is 24.3 Å². The molecule has 8 heteroatoms. The molecule has 1 amide bonds. The van der Waals surface area contributed by atoms with Crippen molar-refractivity contribution in [3.05, 3.63) is 47.7 Å². The van der Waals surface area contributed by atoms with Crippen LogP contribution in [0, 0.1) is 5.92 Å². The molecule has 0 spiro atoms. The second-order valence-electron chi connectivity index (χ2n) is 11.3. The summed E-state index contributed by atoms with van der Waals surface area (Å²) < 4.78 is 23.3. The first-order valence-electron chi connectivity index (χ1n) is 15.4. The quantitative estimate of drug-likeness (QED) is 0.285. The molecule has 2 fully saturated rings. The molecule has 1 saturated heterocycles. The zero-order valence-corrected chi connectivity index (χ0v) is 25.1. The maximum absolute atomic E-state index is 13.1. The van der Waals surface area contributed by atoms with Crippen LogP contribution in [0.4, 0.5) is 0 Å². The van der Waals surface area contributed by atoms with Gasteiger partial charge in [0.05, 0.1) is 32.8 Å². The molecule has 4 rings (SSSR count). The van der Waals surface area contributed by atoms with Gasteiger partial charge in [-0.05, 0) is 69.1 Å². The molecule has 0 aromatic heterocycles. The van der Waals surface area contributed by atoms with Crippen LogP contribution in [0.1, 0.15) is 76.7 Å².